The first-order chi connectivity index (χ1) is 16.2. The van der Waals surface area contributed by atoms with E-state index in [1.165, 1.54) is 5.56 Å². The van der Waals surface area contributed by atoms with Gasteiger partial charge in [-0.05, 0) is 63.5 Å². The number of nitrogens with two attached hydrogens (primary N) is 1. The molecule has 2 aliphatic rings. The Kier molecular flexibility index (Phi) is 8.05. The van der Waals surface area contributed by atoms with Crippen molar-refractivity contribution in [2.75, 3.05) is 33.4 Å². The molecule has 0 aliphatic carbocycles. The summed E-state index contributed by atoms with van der Waals surface area (Å²) >= 11 is 0. The van der Waals surface area contributed by atoms with E-state index in [4.69, 9.17) is 15.2 Å². The van der Waals surface area contributed by atoms with Crippen LogP contribution in [-0.2, 0) is 22.5 Å². The number of rotatable bonds is 7. The lowest BCUT2D eigenvalue weighted by Gasteiger charge is -2.43. The lowest BCUT2D eigenvalue weighted by atomic mass is 9.91. The van der Waals surface area contributed by atoms with Gasteiger partial charge in [-0.1, -0.05) is 25.7 Å². The SMILES string of the molecule is C=C(C(=O)N1CCOCC1(C)C)C1=C(N(C)C(/C=C\C)=C/C)c2cc(CN)c(CC)cc2OC1. The molecule has 0 atom stereocenters. The van der Waals surface area contributed by atoms with Crippen molar-refractivity contribution in [3.8, 4) is 5.75 Å². The molecule has 3 rings (SSSR count). The molecule has 1 saturated heterocycles. The summed E-state index contributed by atoms with van der Waals surface area (Å²) in [6.07, 6.45) is 6.99. The Hall–Kier alpha value is -2.83. The highest BCUT2D eigenvalue weighted by molar-refractivity contribution is 6.01. The van der Waals surface area contributed by atoms with Gasteiger partial charge in [0.15, 0.2) is 0 Å². The van der Waals surface area contributed by atoms with Crippen LogP contribution in [0.25, 0.3) is 5.70 Å². The fraction of sp³-hybridized carbons (Fsp3) is 0.464. The van der Waals surface area contributed by atoms with E-state index in [-0.39, 0.29) is 12.5 Å². The number of morpholine rings is 1. The summed E-state index contributed by atoms with van der Waals surface area (Å²) in [6.45, 7) is 16.7. The lowest BCUT2D eigenvalue weighted by molar-refractivity contribution is -0.141. The van der Waals surface area contributed by atoms with Crippen molar-refractivity contribution in [2.24, 2.45) is 5.73 Å². The van der Waals surface area contributed by atoms with E-state index in [1.54, 1.807) is 0 Å². The largest absolute Gasteiger partial charge is 0.488 e. The number of amides is 1. The fourth-order valence-corrected chi connectivity index (χ4v) is 4.71. The minimum atomic E-state index is -0.402. The molecule has 2 N–H and O–H groups in total. The number of fused-ring (bicyclic) bond motifs is 1. The molecule has 0 radical (unpaired) electrons. The van der Waals surface area contributed by atoms with Gasteiger partial charge in [-0.2, -0.15) is 0 Å². The molecule has 184 valence electrons. The second kappa shape index (κ2) is 10.6. The van der Waals surface area contributed by atoms with Gasteiger partial charge in [0.1, 0.15) is 12.4 Å². The average Bonchev–Trinajstić information content (AvgIpc) is 2.84. The summed E-state index contributed by atoms with van der Waals surface area (Å²) in [4.78, 5) is 17.7. The Bertz CT molecular complexity index is 1050. The molecular formula is C28H39N3O3. The van der Waals surface area contributed by atoms with Crippen LogP contribution in [-0.4, -0.2) is 54.7 Å². The third-order valence-electron chi connectivity index (χ3n) is 6.68. The summed E-state index contributed by atoms with van der Waals surface area (Å²) in [7, 11) is 2.02. The molecule has 1 amide bonds. The topological polar surface area (TPSA) is 68.0 Å². The molecule has 0 aromatic heterocycles. The van der Waals surface area contributed by atoms with Crippen LogP contribution >= 0.6 is 0 Å². The Morgan fingerprint density at radius 3 is 2.62 bits per heavy atom. The number of carbonyl (C=O) groups is 1. The van der Waals surface area contributed by atoms with Gasteiger partial charge >= 0.3 is 0 Å². The van der Waals surface area contributed by atoms with E-state index in [2.05, 4.69) is 42.7 Å². The number of ether oxygens (including phenoxy) is 2. The molecule has 6 heteroatoms. The number of allylic oxidation sites excluding steroid dienone is 3. The van der Waals surface area contributed by atoms with Crippen molar-refractivity contribution >= 4 is 11.6 Å². The van der Waals surface area contributed by atoms with E-state index in [0.29, 0.717) is 31.9 Å². The second-order valence-corrected chi connectivity index (χ2v) is 9.36. The van der Waals surface area contributed by atoms with Crippen LogP contribution in [0.15, 0.2) is 53.8 Å². The third-order valence-corrected chi connectivity index (χ3v) is 6.68. The molecule has 0 unspecified atom stereocenters. The van der Waals surface area contributed by atoms with Crippen molar-refractivity contribution in [3.63, 3.8) is 0 Å². The molecule has 1 aromatic rings. The van der Waals surface area contributed by atoms with Crippen molar-refractivity contribution in [2.45, 2.75) is 53.1 Å². The zero-order valence-electron chi connectivity index (χ0n) is 21.5. The second-order valence-electron chi connectivity index (χ2n) is 9.36. The minimum Gasteiger partial charge on any atom is -0.488 e. The molecule has 0 saturated carbocycles. The van der Waals surface area contributed by atoms with Gasteiger partial charge < -0.3 is 25.0 Å². The third kappa shape index (κ3) is 4.84. The Morgan fingerprint density at radius 2 is 2.03 bits per heavy atom. The zero-order valence-corrected chi connectivity index (χ0v) is 21.5. The van der Waals surface area contributed by atoms with Crippen LogP contribution in [0.4, 0.5) is 0 Å². The van der Waals surface area contributed by atoms with Crippen LogP contribution in [0.5, 0.6) is 5.75 Å². The van der Waals surface area contributed by atoms with E-state index < -0.39 is 5.54 Å². The van der Waals surface area contributed by atoms with Gasteiger partial charge in [0.25, 0.3) is 5.91 Å². The number of benzene rings is 1. The van der Waals surface area contributed by atoms with Gasteiger partial charge in [-0.25, -0.2) is 0 Å². The summed E-state index contributed by atoms with van der Waals surface area (Å²) in [6, 6.07) is 4.20. The highest BCUT2D eigenvalue weighted by Crippen LogP contribution is 2.41. The maximum Gasteiger partial charge on any atom is 0.254 e. The summed E-state index contributed by atoms with van der Waals surface area (Å²) < 4.78 is 11.8. The van der Waals surface area contributed by atoms with Gasteiger partial charge in [-0.3, -0.25) is 4.79 Å². The van der Waals surface area contributed by atoms with Gasteiger partial charge in [0, 0.05) is 42.5 Å². The van der Waals surface area contributed by atoms with E-state index >= 15 is 0 Å². The number of hydrogen-bond acceptors (Lipinski definition) is 5. The number of likely N-dealkylation sites (N-methyl/N-ethyl adjacent to an activating group) is 1. The normalized spacial score (nSPS) is 18.1. The zero-order chi connectivity index (χ0) is 25.0. The first-order valence-corrected chi connectivity index (χ1v) is 12.0. The molecule has 2 heterocycles. The summed E-state index contributed by atoms with van der Waals surface area (Å²) in [5.41, 5.74) is 12.1. The van der Waals surface area contributed by atoms with Crippen LogP contribution < -0.4 is 10.5 Å². The minimum absolute atomic E-state index is 0.0847. The highest BCUT2D eigenvalue weighted by Gasteiger charge is 2.37. The molecule has 6 nitrogen and oxygen atoms in total. The average molecular weight is 466 g/mol. The van der Waals surface area contributed by atoms with Gasteiger partial charge in [0.05, 0.1) is 24.4 Å². The van der Waals surface area contributed by atoms with E-state index in [1.807, 2.05) is 45.7 Å². The molecule has 0 bridgehead atoms. The van der Waals surface area contributed by atoms with Crippen molar-refractivity contribution in [1.82, 2.24) is 9.80 Å². The number of hydrogen-bond donors (Lipinski definition) is 1. The lowest BCUT2D eigenvalue weighted by Crippen LogP contribution is -2.56. The summed E-state index contributed by atoms with van der Waals surface area (Å²) in [5.74, 6) is 0.723. The molecule has 1 aromatic carbocycles. The monoisotopic (exact) mass is 465 g/mol. The maximum atomic E-state index is 13.7. The first-order valence-electron chi connectivity index (χ1n) is 12.0. The fourth-order valence-electron chi connectivity index (χ4n) is 4.71. The van der Waals surface area contributed by atoms with Crippen LogP contribution in [0.2, 0.25) is 0 Å². The van der Waals surface area contributed by atoms with Crippen LogP contribution in [0, 0.1) is 0 Å². The predicted molar refractivity (Wildman–Crippen MR) is 138 cm³/mol. The van der Waals surface area contributed by atoms with E-state index in [0.717, 1.165) is 40.3 Å². The van der Waals surface area contributed by atoms with Crippen LogP contribution in [0.1, 0.15) is 51.3 Å². The maximum absolute atomic E-state index is 13.7. The molecular weight excluding hydrogens is 426 g/mol. The quantitative estimate of drug-likeness (QED) is 0.477. The molecule has 2 aliphatic heterocycles. The highest BCUT2D eigenvalue weighted by atomic mass is 16.5. The standard InChI is InChI=1S/C28H39N3O3/c1-8-11-22(10-3)30(7)26-23-14-21(16-29)20(9-2)15-25(23)34-17-24(26)19(4)27(32)31-12-13-33-18-28(31,5)6/h8,10-11,14-15H,4,9,12-13,16-18,29H2,1-3,5-7H3/b11-8-,22-10+. The number of nitrogens with zero attached hydrogens (tertiary/aromatic N) is 2. The van der Waals surface area contributed by atoms with Crippen molar-refractivity contribution in [3.05, 3.63) is 70.5 Å². The summed E-state index contributed by atoms with van der Waals surface area (Å²) in [5, 5.41) is 0. The Balaban J connectivity index is 2.18. The van der Waals surface area contributed by atoms with Crippen LogP contribution in [0.3, 0.4) is 0 Å². The molecule has 0 spiro atoms. The molecule has 1 fully saturated rings. The van der Waals surface area contributed by atoms with Crippen molar-refractivity contribution in [1.29, 1.82) is 0 Å². The predicted octanol–water partition coefficient (Wildman–Crippen LogP) is 4.42. The molecule has 34 heavy (non-hydrogen) atoms. The Labute approximate surface area is 204 Å². The van der Waals surface area contributed by atoms with E-state index in [9.17, 15) is 4.79 Å². The number of aryl methyl sites for hydroxylation is 1. The van der Waals surface area contributed by atoms with Gasteiger partial charge in [0.2, 0.25) is 0 Å². The number of carbonyl (C=O) groups excluding carboxylic acids is 1. The Morgan fingerprint density at radius 1 is 1.29 bits per heavy atom. The van der Waals surface area contributed by atoms with Gasteiger partial charge in [-0.15, -0.1) is 0 Å². The van der Waals surface area contributed by atoms with Crippen molar-refractivity contribution < 1.29 is 14.3 Å². The first kappa shape index (κ1) is 25.8. The smallest absolute Gasteiger partial charge is 0.254 e.